The second-order valence-electron chi connectivity index (χ2n) is 7.91. The highest BCUT2D eigenvalue weighted by atomic mass is 16.2. The molecule has 2 aliphatic rings. The summed E-state index contributed by atoms with van der Waals surface area (Å²) in [5.41, 5.74) is 2.87. The summed E-state index contributed by atoms with van der Waals surface area (Å²) in [6.45, 7) is 2.94. The molecular weight excluding hydrogens is 394 g/mol. The Kier molecular flexibility index (Phi) is 6.20. The van der Waals surface area contributed by atoms with Crippen LogP contribution in [-0.4, -0.2) is 65.7 Å². The lowest BCUT2D eigenvalue weighted by Crippen LogP contribution is -2.55. The number of hydrogen-bond donors (Lipinski definition) is 1. The van der Waals surface area contributed by atoms with Gasteiger partial charge in [0.15, 0.2) is 5.96 Å². The summed E-state index contributed by atoms with van der Waals surface area (Å²) in [5, 5.41) is 7.50. The Morgan fingerprint density at radius 3 is 2.45 bits per heavy atom. The van der Waals surface area contributed by atoms with E-state index in [4.69, 9.17) is 0 Å². The summed E-state index contributed by atoms with van der Waals surface area (Å²) in [4.78, 5) is 34.7. The zero-order chi connectivity index (χ0) is 21.8. The minimum Gasteiger partial charge on any atom is -0.352 e. The third-order valence-electron chi connectivity index (χ3n) is 5.76. The number of aliphatic imine (C=N–C) groups is 1. The van der Waals surface area contributed by atoms with Gasteiger partial charge in [-0.1, -0.05) is 12.1 Å². The van der Waals surface area contributed by atoms with Crippen LogP contribution >= 0.6 is 0 Å². The molecule has 0 saturated carbocycles. The average molecular weight is 424 g/mol. The van der Waals surface area contributed by atoms with E-state index in [0.717, 1.165) is 36.3 Å². The van der Waals surface area contributed by atoms with Gasteiger partial charge < -0.3 is 20.0 Å². The van der Waals surface area contributed by atoms with Gasteiger partial charge in [-0.15, -0.1) is 0 Å². The molecule has 9 heteroatoms. The van der Waals surface area contributed by atoms with Crippen LogP contribution in [0.5, 0.6) is 0 Å². The smallest absolute Gasteiger partial charge is 0.246 e. The van der Waals surface area contributed by atoms with E-state index in [1.165, 1.54) is 0 Å². The third kappa shape index (κ3) is 4.70. The maximum absolute atomic E-state index is 12.7. The van der Waals surface area contributed by atoms with Crippen molar-refractivity contribution in [3.05, 3.63) is 42.2 Å². The lowest BCUT2D eigenvalue weighted by Gasteiger charge is -2.35. The first-order valence-corrected chi connectivity index (χ1v) is 10.7. The Morgan fingerprint density at radius 2 is 1.81 bits per heavy atom. The van der Waals surface area contributed by atoms with Crippen LogP contribution in [0.3, 0.4) is 0 Å². The number of amides is 2. The Morgan fingerprint density at radius 1 is 1.03 bits per heavy atom. The van der Waals surface area contributed by atoms with Crippen molar-refractivity contribution in [2.24, 2.45) is 12.0 Å². The number of carbonyl (C=O) groups excluding carboxylic acids is 2. The predicted molar refractivity (Wildman–Crippen MR) is 120 cm³/mol. The van der Waals surface area contributed by atoms with Crippen molar-refractivity contribution in [2.75, 3.05) is 43.0 Å². The number of rotatable bonds is 4. The summed E-state index contributed by atoms with van der Waals surface area (Å²) in [6, 6.07) is 8.06. The van der Waals surface area contributed by atoms with Crippen LogP contribution in [-0.2, 0) is 23.2 Å². The topological polar surface area (TPSA) is 86.1 Å². The number of aromatic nitrogens is 2. The minimum absolute atomic E-state index is 0.0257. The number of nitrogens with one attached hydrogen (secondary N) is 1. The highest BCUT2D eigenvalue weighted by molar-refractivity contribution is 5.98. The summed E-state index contributed by atoms with van der Waals surface area (Å²) in [6.07, 6.45) is 6.23. The van der Waals surface area contributed by atoms with Gasteiger partial charge in [0.05, 0.1) is 11.9 Å². The number of nitrogens with zero attached hydrogens (tertiary/aromatic N) is 6. The van der Waals surface area contributed by atoms with E-state index in [1.807, 2.05) is 47.3 Å². The lowest BCUT2D eigenvalue weighted by molar-refractivity contribution is -0.120. The number of anilines is 2. The van der Waals surface area contributed by atoms with Crippen molar-refractivity contribution in [2.45, 2.75) is 25.8 Å². The predicted octanol–water partition coefficient (Wildman–Crippen LogP) is 1.36. The molecule has 2 aliphatic heterocycles. The van der Waals surface area contributed by atoms with Gasteiger partial charge in [-0.2, -0.15) is 5.10 Å². The van der Waals surface area contributed by atoms with Crippen molar-refractivity contribution in [1.29, 1.82) is 0 Å². The lowest BCUT2D eigenvalue weighted by atomic mass is 10.1. The number of carbonyl (C=O) groups is 2. The molecule has 2 fully saturated rings. The average Bonchev–Trinajstić information content (AvgIpc) is 3.21. The number of aryl methyl sites for hydroxylation is 1. The Hall–Kier alpha value is -3.36. The van der Waals surface area contributed by atoms with Gasteiger partial charge >= 0.3 is 0 Å². The normalized spacial score (nSPS) is 18.0. The molecule has 9 nitrogen and oxygen atoms in total. The maximum Gasteiger partial charge on any atom is 0.246 e. The number of guanidine groups is 1. The number of piperidine rings is 1. The zero-order valence-electron chi connectivity index (χ0n) is 18.1. The molecule has 164 valence electrons. The molecule has 0 aliphatic carbocycles. The molecule has 0 radical (unpaired) electrons. The number of benzene rings is 1. The van der Waals surface area contributed by atoms with Crippen LogP contribution in [0.4, 0.5) is 11.4 Å². The van der Waals surface area contributed by atoms with Crippen LogP contribution in [0.15, 0.2) is 41.7 Å². The van der Waals surface area contributed by atoms with Gasteiger partial charge in [0.2, 0.25) is 11.8 Å². The second-order valence-corrected chi connectivity index (χ2v) is 7.91. The fraction of sp³-hybridized carbons (Fsp3) is 0.455. The molecule has 1 aromatic heterocycles. The molecule has 4 rings (SSSR count). The Balaban J connectivity index is 1.32. The third-order valence-corrected chi connectivity index (χ3v) is 5.76. The van der Waals surface area contributed by atoms with Crippen LogP contribution in [0.2, 0.25) is 0 Å². The quantitative estimate of drug-likeness (QED) is 0.593. The molecule has 0 spiro atoms. The van der Waals surface area contributed by atoms with Crippen LogP contribution in [0.25, 0.3) is 0 Å². The summed E-state index contributed by atoms with van der Waals surface area (Å²) < 4.78 is 1.70. The molecule has 0 atom stereocenters. The molecule has 0 unspecified atom stereocenters. The molecule has 2 saturated heterocycles. The first-order chi connectivity index (χ1) is 15.0. The fourth-order valence-electron chi connectivity index (χ4n) is 4.06. The van der Waals surface area contributed by atoms with Gasteiger partial charge in [-0.3, -0.25) is 19.3 Å². The highest BCUT2D eigenvalue weighted by Gasteiger charge is 2.27. The standard InChI is InChI=1S/C22H29N7O2/c1-23-22(27-11-12-29(21(31)16-27)19-14-25-26(2)15-19)24-13-17-6-8-18(9-7-17)28-10-4-3-5-20(28)30/h6-9,14-15H,3-5,10-13,16H2,1-2H3,(H,23,24). The van der Waals surface area contributed by atoms with E-state index in [2.05, 4.69) is 15.4 Å². The number of hydrogen-bond acceptors (Lipinski definition) is 4. The molecule has 1 aromatic carbocycles. The van der Waals surface area contributed by atoms with E-state index >= 15 is 0 Å². The molecule has 0 bridgehead atoms. The van der Waals surface area contributed by atoms with Crippen molar-refractivity contribution in [3.63, 3.8) is 0 Å². The van der Waals surface area contributed by atoms with Crippen molar-refractivity contribution < 1.29 is 9.59 Å². The maximum atomic E-state index is 12.7. The summed E-state index contributed by atoms with van der Waals surface area (Å²) in [5.74, 6) is 0.930. The molecule has 3 heterocycles. The van der Waals surface area contributed by atoms with Crippen LogP contribution in [0.1, 0.15) is 24.8 Å². The number of piperazine rings is 1. The van der Waals surface area contributed by atoms with Gasteiger partial charge in [0.1, 0.15) is 6.54 Å². The monoisotopic (exact) mass is 423 g/mol. The van der Waals surface area contributed by atoms with Crippen LogP contribution < -0.4 is 15.1 Å². The van der Waals surface area contributed by atoms with Gasteiger partial charge in [0.25, 0.3) is 0 Å². The van der Waals surface area contributed by atoms with E-state index < -0.39 is 0 Å². The summed E-state index contributed by atoms with van der Waals surface area (Å²) >= 11 is 0. The van der Waals surface area contributed by atoms with Crippen molar-refractivity contribution in [1.82, 2.24) is 20.0 Å². The SMILES string of the molecule is CN=C(NCc1ccc(N2CCCCC2=O)cc1)N1CCN(c2cnn(C)c2)C(=O)C1. The molecule has 2 aromatic rings. The zero-order valence-corrected chi connectivity index (χ0v) is 18.1. The van der Waals surface area contributed by atoms with E-state index in [0.29, 0.717) is 32.0 Å². The fourth-order valence-corrected chi connectivity index (χ4v) is 4.06. The van der Waals surface area contributed by atoms with E-state index in [9.17, 15) is 9.59 Å². The first-order valence-electron chi connectivity index (χ1n) is 10.7. The van der Waals surface area contributed by atoms with E-state index in [-0.39, 0.29) is 18.4 Å². The van der Waals surface area contributed by atoms with Gasteiger partial charge in [-0.05, 0) is 30.5 Å². The molecular formula is C22H29N7O2. The van der Waals surface area contributed by atoms with Crippen LogP contribution in [0, 0.1) is 0 Å². The molecule has 1 N–H and O–H groups in total. The van der Waals surface area contributed by atoms with Crippen molar-refractivity contribution >= 4 is 29.1 Å². The summed E-state index contributed by atoms with van der Waals surface area (Å²) in [7, 11) is 3.57. The first kappa shape index (κ1) is 20.9. The largest absolute Gasteiger partial charge is 0.352 e. The van der Waals surface area contributed by atoms with E-state index in [1.54, 1.807) is 22.8 Å². The minimum atomic E-state index is 0.0257. The highest BCUT2D eigenvalue weighted by Crippen LogP contribution is 2.21. The second kappa shape index (κ2) is 9.20. The Labute approximate surface area is 182 Å². The molecule has 2 amide bonds. The van der Waals surface area contributed by atoms with Crippen molar-refractivity contribution in [3.8, 4) is 0 Å². The van der Waals surface area contributed by atoms with Gasteiger partial charge in [-0.25, -0.2) is 0 Å². The molecule has 31 heavy (non-hydrogen) atoms. The van der Waals surface area contributed by atoms with Gasteiger partial charge in [0, 0.05) is 58.6 Å². The Bertz CT molecular complexity index is 966.